The summed E-state index contributed by atoms with van der Waals surface area (Å²) in [5.41, 5.74) is 2.18. The van der Waals surface area contributed by atoms with Gasteiger partial charge in [-0.3, -0.25) is 9.78 Å². The number of amides is 1. The molecule has 0 unspecified atom stereocenters. The Morgan fingerprint density at radius 1 is 1.20 bits per heavy atom. The van der Waals surface area contributed by atoms with Crippen LogP contribution in [0.4, 0.5) is 0 Å². The fraction of sp³-hybridized carbons (Fsp3) is 0.235. The van der Waals surface area contributed by atoms with Gasteiger partial charge in [0.2, 0.25) is 0 Å². The summed E-state index contributed by atoms with van der Waals surface area (Å²) in [7, 11) is 3.18. The smallest absolute Gasteiger partial charge is 0.361 e. The number of nitrogens with zero attached hydrogens (tertiary/aromatic N) is 5. The first-order chi connectivity index (χ1) is 12.0. The average Bonchev–Trinajstić information content (AvgIpc) is 3.00. The van der Waals surface area contributed by atoms with Gasteiger partial charge in [-0.25, -0.2) is 9.48 Å². The Kier molecular flexibility index (Phi) is 4.42. The van der Waals surface area contributed by atoms with E-state index >= 15 is 0 Å². The normalized spacial score (nSPS) is 10.7. The second-order valence-corrected chi connectivity index (χ2v) is 5.65. The molecule has 8 heteroatoms. The molecule has 0 spiro atoms. The summed E-state index contributed by atoms with van der Waals surface area (Å²) in [5.74, 6) is -0.990. The SMILES string of the molecule is Cc1c(C(=O)OCC(=O)N(C)C)nnn1-c1cccc2ncccc12. The van der Waals surface area contributed by atoms with E-state index in [2.05, 4.69) is 15.3 Å². The number of ether oxygens (including phenoxy) is 1. The Morgan fingerprint density at radius 2 is 2.00 bits per heavy atom. The van der Waals surface area contributed by atoms with Crippen LogP contribution in [0.1, 0.15) is 16.2 Å². The Bertz CT molecular complexity index is 943. The molecule has 8 nitrogen and oxygen atoms in total. The van der Waals surface area contributed by atoms with Crippen molar-refractivity contribution in [3.63, 3.8) is 0 Å². The average molecular weight is 339 g/mol. The highest BCUT2D eigenvalue weighted by Crippen LogP contribution is 2.22. The fourth-order valence-electron chi connectivity index (χ4n) is 2.34. The Hall–Kier alpha value is -3.29. The minimum absolute atomic E-state index is 0.0763. The van der Waals surface area contributed by atoms with Gasteiger partial charge in [0.1, 0.15) is 0 Å². The van der Waals surface area contributed by atoms with Gasteiger partial charge in [0.25, 0.3) is 5.91 Å². The number of rotatable bonds is 4. The molecule has 1 amide bonds. The lowest BCUT2D eigenvalue weighted by Crippen LogP contribution is -2.27. The first kappa shape index (κ1) is 16.6. The molecule has 2 heterocycles. The molecule has 0 aliphatic rings. The van der Waals surface area contributed by atoms with Gasteiger partial charge in [-0.2, -0.15) is 0 Å². The van der Waals surface area contributed by atoms with Gasteiger partial charge in [-0.05, 0) is 31.2 Å². The van der Waals surface area contributed by atoms with Crippen LogP contribution < -0.4 is 0 Å². The first-order valence-corrected chi connectivity index (χ1v) is 7.62. The maximum absolute atomic E-state index is 12.2. The van der Waals surface area contributed by atoms with Crippen molar-refractivity contribution in [1.82, 2.24) is 24.9 Å². The molecular formula is C17H17N5O3. The molecule has 128 valence electrons. The summed E-state index contributed by atoms with van der Waals surface area (Å²) in [5, 5.41) is 8.87. The number of benzene rings is 1. The van der Waals surface area contributed by atoms with E-state index in [1.807, 2.05) is 30.3 Å². The van der Waals surface area contributed by atoms with Crippen molar-refractivity contribution in [3.05, 3.63) is 47.9 Å². The highest BCUT2D eigenvalue weighted by molar-refractivity contribution is 5.91. The monoisotopic (exact) mass is 339 g/mol. The van der Waals surface area contributed by atoms with Crippen LogP contribution in [0.3, 0.4) is 0 Å². The van der Waals surface area contributed by atoms with Crippen LogP contribution in [0.15, 0.2) is 36.5 Å². The fourth-order valence-corrected chi connectivity index (χ4v) is 2.34. The van der Waals surface area contributed by atoms with E-state index in [0.29, 0.717) is 5.69 Å². The van der Waals surface area contributed by atoms with Gasteiger partial charge in [0.05, 0.1) is 16.9 Å². The van der Waals surface area contributed by atoms with Crippen LogP contribution in [-0.4, -0.2) is 57.5 Å². The second-order valence-electron chi connectivity index (χ2n) is 5.65. The van der Waals surface area contributed by atoms with Crippen molar-refractivity contribution in [2.45, 2.75) is 6.92 Å². The van der Waals surface area contributed by atoms with Crippen molar-refractivity contribution in [2.75, 3.05) is 20.7 Å². The Morgan fingerprint density at radius 3 is 2.76 bits per heavy atom. The van der Waals surface area contributed by atoms with Crippen LogP contribution in [0, 0.1) is 6.92 Å². The summed E-state index contributed by atoms with van der Waals surface area (Å²) in [4.78, 5) is 29.4. The summed E-state index contributed by atoms with van der Waals surface area (Å²) in [6, 6.07) is 9.38. The summed E-state index contributed by atoms with van der Waals surface area (Å²) < 4.78 is 6.57. The summed E-state index contributed by atoms with van der Waals surface area (Å²) in [6.45, 7) is 1.38. The number of carbonyl (C=O) groups is 2. The lowest BCUT2D eigenvalue weighted by molar-refractivity contribution is -0.131. The maximum atomic E-state index is 12.2. The molecule has 0 N–H and O–H groups in total. The van der Waals surface area contributed by atoms with Crippen molar-refractivity contribution in [3.8, 4) is 5.69 Å². The van der Waals surface area contributed by atoms with Gasteiger partial charge < -0.3 is 9.64 Å². The van der Waals surface area contributed by atoms with Gasteiger partial charge in [-0.15, -0.1) is 5.10 Å². The lowest BCUT2D eigenvalue weighted by Gasteiger charge is -2.10. The number of carbonyl (C=O) groups excluding carboxylic acids is 2. The molecule has 3 aromatic rings. The van der Waals surface area contributed by atoms with E-state index in [-0.39, 0.29) is 18.2 Å². The molecule has 0 radical (unpaired) electrons. The van der Waals surface area contributed by atoms with E-state index in [0.717, 1.165) is 16.6 Å². The highest BCUT2D eigenvalue weighted by Gasteiger charge is 2.21. The van der Waals surface area contributed by atoms with Gasteiger partial charge in [0.15, 0.2) is 12.3 Å². The molecule has 0 aliphatic heterocycles. The molecule has 0 atom stereocenters. The second kappa shape index (κ2) is 6.68. The maximum Gasteiger partial charge on any atom is 0.361 e. The largest absolute Gasteiger partial charge is 0.451 e. The molecule has 0 saturated heterocycles. The molecule has 2 aromatic heterocycles. The number of hydrogen-bond acceptors (Lipinski definition) is 6. The number of fused-ring (bicyclic) bond motifs is 1. The zero-order chi connectivity index (χ0) is 18.0. The van der Waals surface area contributed by atoms with E-state index in [1.54, 1.807) is 31.9 Å². The van der Waals surface area contributed by atoms with Crippen LogP contribution in [0.2, 0.25) is 0 Å². The first-order valence-electron chi connectivity index (χ1n) is 7.62. The number of likely N-dealkylation sites (N-methyl/N-ethyl adjacent to an activating group) is 1. The molecule has 0 bridgehead atoms. The van der Waals surface area contributed by atoms with Crippen LogP contribution in [-0.2, 0) is 9.53 Å². The topological polar surface area (TPSA) is 90.2 Å². The third kappa shape index (κ3) is 3.18. The highest BCUT2D eigenvalue weighted by atomic mass is 16.5. The van der Waals surface area contributed by atoms with Crippen molar-refractivity contribution in [2.24, 2.45) is 0 Å². The standard InChI is InChI=1S/C17H17N5O3/c1-11-16(17(24)25-10-15(23)21(2)3)19-20-22(11)14-8-4-7-13-12(14)6-5-9-18-13/h4-9H,10H2,1-3H3. The lowest BCUT2D eigenvalue weighted by atomic mass is 10.2. The summed E-state index contributed by atoms with van der Waals surface area (Å²) in [6.07, 6.45) is 1.71. The summed E-state index contributed by atoms with van der Waals surface area (Å²) >= 11 is 0. The van der Waals surface area contributed by atoms with Gasteiger partial charge >= 0.3 is 5.97 Å². The van der Waals surface area contributed by atoms with Crippen molar-refractivity contribution < 1.29 is 14.3 Å². The predicted octanol–water partition coefficient (Wildman–Crippen LogP) is 1.37. The molecule has 0 aliphatic carbocycles. The quantitative estimate of drug-likeness (QED) is 0.667. The molecular weight excluding hydrogens is 322 g/mol. The van der Waals surface area contributed by atoms with Crippen LogP contribution >= 0.6 is 0 Å². The number of aromatic nitrogens is 4. The minimum atomic E-state index is -0.683. The van der Waals surface area contributed by atoms with E-state index in [9.17, 15) is 9.59 Å². The predicted molar refractivity (Wildman–Crippen MR) is 90.4 cm³/mol. The van der Waals surface area contributed by atoms with E-state index in [1.165, 1.54) is 4.90 Å². The van der Waals surface area contributed by atoms with E-state index in [4.69, 9.17) is 4.74 Å². The van der Waals surface area contributed by atoms with Crippen molar-refractivity contribution in [1.29, 1.82) is 0 Å². The third-order valence-electron chi connectivity index (χ3n) is 3.76. The van der Waals surface area contributed by atoms with E-state index < -0.39 is 5.97 Å². The number of hydrogen-bond donors (Lipinski definition) is 0. The molecule has 3 rings (SSSR count). The zero-order valence-electron chi connectivity index (χ0n) is 14.1. The molecule has 0 saturated carbocycles. The van der Waals surface area contributed by atoms with Crippen molar-refractivity contribution >= 4 is 22.8 Å². The van der Waals surface area contributed by atoms with Crippen LogP contribution in [0.5, 0.6) is 0 Å². The third-order valence-corrected chi connectivity index (χ3v) is 3.76. The Labute approximate surface area is 144 Å². The molecule has 0 fully saturated rings. The van der Waals surface area contributed by atoms with Gasteiger partial charge in [-0.1, -0.05) is 11.3 Å². The minimum Gasteiger partial charge on any atom is -0.451 e. The Balaban J connectivity index is 1.91. The molecule has 1 aromatic carbocycles. The zero-order valence-corrected chi connectivity index (χ0v) is 14.1. The van der Waals surface area contributed by atoms with Gasteiger partial charge in [0, 0.05) is 25.7 Å². The number of pyridine rings is 1. The van der Waals surface area contributed by atoms with Crippen LogP contribution in [0.25, 0.3) is 16.6 Å². The number of esters is 1. The molecule has 25 heavy (non-hydrogen) atoms.